The highest BCUT2D eigenvalue weighted by molar-refractivity contribution is 9.10. The van der Waals surface area contributed by atoms with Crippen molar-refractivity contribution in [3.8, 4) is 11.5 Å². The minimum atomic E-state index is 0.299. The predicted octanol–water partition coefficient (Wildman–Crippen LogP) is 5.59. The third-order valence-corrected chi connectivity index (χ3v) is 4.81. The lowest BCUT2D eigenvalue weighted by molar-refractivity contribution is 0.481. The van der Waals surface area contributed by atoms with Crippen LogP contribution >= 0.6 is 31.9 Å². The van der Waals surface area contributed by atoms with Gasteiger partial charge in [0.05, 0.1) is 0 Å². The SMILES string of the molecule is CNC(C)c1ccc(Oc2ccc(Br)c(C)c2)cc1Br. The fourth-order valence-corrected chi connectivity index (χ4v) is 2.84. The quantitative estimate of drug-likeness (QED) is 0.724. The van der Waals surface area contributed by atoms with Crippen molar-refractivity contribution in [3.05, 3.63) is 56.5 Å². The smallest absolute Gasteiger partial charge is 0.128 e. The summed E-state index contributed by atoms with van der Waals surface area (Å²) in [5.41, 5.74) is 2.37. The summed E-state index contributed by atoms with van der Waals surface area (Å²) < 4.78 is 8.03. The van der Waals surface area contributed by atoms with Gasteiger partial charge in [-0.05, 0) is 62.4 Å². The van der Waals surface area contributed by atoms with Crippen LogP contribution in [-0.4, -0.2) is 7.05 Å². The molecule has 106 valence electrons. The van der Waals surface area contributed by atoms with E-state index in [1.54, 1.807) is 0 Å². The third-order valence-electron chi connectivity index (χ3n) is 3.24. The maximum atomic E-state index is 5.89. The molecule has 2 rings (SSSR count). The number of rotatable bonds is 4. The highest BCUT2D eigenvalue weighted by atomic mass is 79.9. The first kappa shape index (κ1) is 15.5. The van der Waals surface area contributed by atoms with Crippen molar-refractivity contribution in [3.63, 3.8) is 0 Å². The van der Waals surface area contributed by atoms with Gasteiger partial charge in [-0.2, -0.15) is 0 Å². The number of nitrogens with one attached hydrogen (secondary N) is 1. The van der Waals surface area contributed by atoms with Crippen LogP contribution in [0.25, 0.3) is 0 Å². The molecular formula is C16H17Br2NO. The van der Waals surface area contributed by atoms with E-state index in [0.29, 0.717) is 6.04 Å². The van der Waals surface area contributed by atoms with Gasteiger partial charge in [-0.1, -0.05) is 37.9 Å². The van der Waals surface area contributed by atoms with Crippen molar-refractivity contribution in [1.29, 1.82) is 0 Å². The largest absolute Gasteiger partial charge is 0.457 e. The zero-order chi connectivity index (χ0) is 14.7. The molecule has 0 bridgehead atoms. The van der Waals surface area contributed by atoms with Crippen LogP contribution in [0.4, 0.5) is 0 Å². The van der Waals surface area contributed by atoms with E-state index >= 15 is 0 Å². The van der Waals surface area contributed by atoms with Crippen molar-refractivity contribution in [2.24, 2.45) is 0 Å². The van der Waals surface area contributed by atoms with Crippen molar-refractivity contribution in [2.75, 3.05) is 7.05 Å². The Balaban J connectivity index is 2.22. The molecule has 1 N–H and O–H groups in total. The number of benzene rings is 2. The van der Waals surface area contributed by atoms with Gasteiger partial charge < -0.3 is 10.1 Å². The highest BCUT2D eigenvalue weighted by Crippen LogP contribution is 2.31. The molecule has 1 atom stereocenters. The Hall–Kier alpha value is -0.840. The van der Waals surface area contributed by atoms with Gasteiger partial charge in [0, 0.05) is 15.0 Å². The van der Waals surface area contributed by atoms with Gasteiger partial charge in [-0.15, -0.1) is 0 Å². The van der Waals surface area contributed by atoms with E-state index in [-0.39, 0.29) is 0 Å². The molecular weight excluding hydrogens is 382 g/mol. The zero-order valence-electron chi connectivity index (χ0n) is 11.7. The summed E-state index contributed by atoms with van der Waals surface area (Å²) in [6.07, 6.45) is 0. The van der Waals surface area contributed by atoms with E-state index in [2.05, 4.69) is 50.2 Å². The van der Waals surface area contributed by atoms with Crippen molar-refractivity contribution < 1.29 is 4.74 Å². The van der Waals surface area contributed by atoms with Crippen LogP contribution in [0.15, 0.2) is 45.3 Å². The second-order valence-electron chi connectivity index (χ2n) is 4.71. The second kappa shape index (κ2) is 6.74. The van der Waals surface area contributed by atoms with Gasteiger partial charge in [-0.25, -0.2) is 0 Å². The molecule has 0 saturated heterocycles. The molecule has 0 fully saturated rings. The van der Waals surface area contributed by atoms with Gasteiger partial charge in [0.15, 0.2) is 0 Å². The summed E-state index contributed by atoms with van der Waals surface area (Å²) in [6.45, 7) is 4.17. The Morgan fingerprint density at radius 3 is 2.25 bits per heavy atom. The van der Waals surface area contributed by atoms with Crippen LogP contribution in [0.5, 0.6) is 11.5 Å². The molecule has 2 nitrogen and oxygen atoms in total. The molecule has 0 aliphatic carbocycles. The number of aryl methyl sites for hydroxylation is 1. The van der Waals surface area contributed by atoms with E-state index < -0.39 is 0 Å². The highest BCUT2D eigenvalue weighted by Gasteiger charge is 2.09. The van der Waals surface area contributed by atoms with Crippen LogP contribution in [0.1, 0.15) is 24.1 Å². The molecule has 0 amide bonds. The molecule has 0 spiro atoms. The summed E-state index contributed by atoms with van der Waals surface area (Å²) >= 11 is 7.09. The first-order chi connectivity index (χ1) is 9.51. The van der Waals surface area contributed by atoms with E-state index in [9.17, 15) is 0 Å². The van der Waals surface area contributed by atoms with Gasteiger partial charge in [0.25, 0.3) is 0 Å². The average molecular weight is 399 g/mol. The molecule has 0 aliphatic heterocycles. The molecule has 0 saturated carbocycles. The molecule has 2 aromatic rings. The van der Waals surface area contributed by atoms with Crippen LogP contribution in [0.2, 0.25) is 0 Å². The summed E-state index contributed by atoms with van der Waals surface area (Å²) in [7, 11) is 1.95. The van der Waals surface area contributed by atoms with Crippen LogP contribution in [-0.2, 0) is 0 Å². The standard InChI is InChI=1S/C16H17Br2NO/c1-10-8-12(5-7-15(10)17)20-13-4-6-14(11(2)19-3)16(18)9-13/h4-9,11,19H,1-3H3. The second-order valence-corrected chi connectivity index (χ2v) is 6.42. The van der Waals surface area contributed by atoms with E-state index in [0.717, 1.165) is 26.0 Å². The van der Waals surface area contributed by atoms with Crippen molar-refractivity contribution in [2.45, 2.75) is 19.9 Å². The Bertz CT molecular complexity index is 613. The summed E-state index contributed by atoms with van der Waals surface area (Å²) in [5, 5.41) is 3.23. The molecule has 20 heavy (non-hydrogen) atoms. The minimum Gasteiger partial charge on any atom is -0.457 e. The van der Waals surface area contributed by atoms with Gasteiger partial charge in [0.2, 0.25) is 0 Å². The number of halogens is 2. The Kier molecular flexibility index (Phi) is 5.24. The summed E-state index contributed by atoms with van der Waals surface area (Å²) in [6, 6.07) is 12.3. The average Bonchev–Trinajstić information content (AvgIpc) is 2.42. The van der Waals surface area contributed by atoms with Crippen molar-refractivity contribution >= 4 is 31.9 Å². The molecule has 0 heterocycles. The van der Waals surface area contributed by atoms with E-state index in [4.69, 9.17) is 4.74 Å². The summed E-state index contributed by atoms with van der Waals surface area (Å²) in [5.74, 6) is 1.66. The maximum Gasteiger partial charge on any atom is 0.128 e. The molecule has 4 heteroatoms. The lowest BCUT2D eigenvalue weighted by Gasteiger charge is -2.14. The number of hydrogen-bond donors (Lipinski definition) is 1. The first-order valence-corrected chi connectivity index (χ1v) is 8.00. The predicted molar refractivity (Wildman–Crippen MR) is 90.6 cm³/mol. The van der Waals surface area contributed by atoms with Gasteiger partial charge >= 0.3 is 0 Å². The molecule has 2 aromatic carbocycles. The van der Waals surface area contributed by atoms with Crippen molar-refractivity contribution in [1.82, 2.24) is 5.32 Å². The topological polar surface area (TPSA) is 21.3 Å². The summed E-state index contributed by atoms with van der Waals surface area (Å²) in [4.78, 5) is 0. The van der Waals surface area contributed by atoms with Gasteiger partial charge in [-0.3, -0.25) is 0 Å². The molecule has 0 radical (unpaired) electrons. The number of ether oxygens (including phenoxy) is 1. The van der Waals surface area contributed by atoms with Crippen LogP contribution in [0, 0.1) is 6.92 Å². The van der Waals surface area contributed by atoms with Crippen LogP contribution in [0.3, 0.4) is 0 Å². The molecule has 0 aromatic heterocycles. The Morgan fingerprint density at radius 2 is 1.65 bits per heavy atom. The third kappa shape index (κ3) is 3.62. The fraction of sp³-hybridized carbons (Fsp3) is 0.250. The van der Waals surface area contributed by atoms with Gasteiger partial charge in [0.1, 0.15) is 11.5 Å². The zero-order valence-corrected chi connectivity index (χ0v) is 14.9. The molecule has 1 unspecified atom stereocenters. The lowest BCUT2D eigenvalue weighted by atomic mass is 10.1. The minimum absolute atomic E-state index is 0.299. The maximum absolute atomic E-state index is 5.89. The molecule has 0 aliphatic rings. The Labute approximate surface area is 136 Å². The van der Waals surface area contributed by atoms with Crippen LogP contribution < -0.4 is 10.1 Å². The fourth-order valence-electron chi connectivity index (χ4n) is 1.89. The Morgan fingerprint density at radius 1 is 1.00 bits per heavy atom. The lowest BCUT2D eigenvalue weighted by Crippen LogP contribution is -2.12. The van der Waals surface area contributed by atoms with E-state index in [1.165, 1.54) is 5.56 Å². The number of hydrogen-bond acceptors (Lipinski definition) is 2. The van der Waals surface area contributed by atoms with E-state index in [1.807, 2.05) is 44.3 Å². The monoisotopic (exact) mass is 397 g/mol. The first-order valence-electron chi connectivity index (χ1n) is 6.42. The normalized spacial score (nSPS) is 12.2.